The molecule has 2 heterocycles. The molecule has 1 aliphatic rings. The third-order valence-electron chi connectivity index (χ3n) is 4.29. The van der Waals surface area contributed by atoms with Crippen LogP contribution in [-0.4, -0.2) is 64.5 Å². The third kappa shape index (κ3) is 4.14. The summed E-state index contributed by atoms with van der Waals surface area (Å²) in [6.45, 7) is 1.81. The zero-order chi connectivity index (χ0) is 19.6. The second kappa shape index (κ2) is 7.69. The summed E-state index contributed by atoms with van der Waals surface area (Å²) in [4.78, 5) is 26.8. The van der Waals surface area contributed by atoms with E-state index in [1.54, 1.807) is 12.1 Å². The average molecular weight is 401 g/mol. The fourth-order valence-electron chi connectivity index (χ4n) is 2.88. The van der Waals surface area contributed by atoms with Crippen LogP contribution < -0.4 is 0 Å². The zero-order valence-electron chi connectivity index (χ0n) is 14.1. The van der Waals surface area contributed by atoms with Crippen molar-refractivity contribution in [3.63, 3.8) is 0 Å². The number of para-hydroxylation sites is 1. The van der Waals surface area contributed by atoms with Gasteiger partial charge in [-0.15, -0.1) is 0 Å². The molecule has 1 aliphatic heterocycles. The summed E-state index contributed by atoms with van der Waals surface area (Å²) in [5, 5.41) is 3.76. The fraction of sp³-hybridized carbons (Fsp3) is 0.353. The van der Waals surface area contributed by atoms with Crippen molar-refractivity contribution >= 4 is 23.8 Å². The van der Waals surface area contributed by atoms with Crippen LogP contribution in [0.4, 0.5) is 13.2 Å². The molecule has 0 atom stereocenters. The molecular weight excluding hydrogens is 385 g/mol. The summed E-state index contributed by atoms with van der Waals surface area (Å²) < 4.78 is 40.4. The standard InChI is InChI=1S/C17H16ClF3N4O2/c18-12-3-1-2-4-13(12)25-14(11-15(22-25)17(19,20)21)16(27)24-7-5-23(6-8-24)9-10-26/h1-4,10-11H,5-9H2. The zero-order valence-corrected chi connectivity index (χ0v) is 14.9. The molecule has 1 aromatic carbocycles. The minimum absolute atomic E-state index is 0.180. The van der Waals surface area contributed by atoms with E-state index in [-0.39, 0.29) is 22.9 Å². The summed E-state index contributed by atoms with van der Waals surface area (Å²) in [5.41, 5.74) is -1.18. The minimum Gasteiger partial charge on any atom is -0.335 e. The van der Waals surface area contributed by atoms with E-state index in [1.807, 2.05) is 4.90 Å². The lowest BCUT2D eigenvalue weighted by Crippen LogP contribution is -2.49. The minimum atomic E-state index is -4.69. The third-order valence-corrected chi connectivity index (χ3v) is 4.61. The van der Waals surface area contributed by atoms with E-state index in [0.717, 1.165) is 17.0 Å². The van der Waals surface area contributed by atoms with Gasteiger partial charge in [-0.1, -0.05) is 23.7 Å². The molecule has 1 fully saturated rings. The van der Waals surface area contributed by atoms with Crippen molar-refractivity contribution in [2.75, 3.05) is 32.7 Å². The van der Waals surface area contributed by atoms with Crippen molar-refractivity contribution in [1.29, 1.82) is 0 Å². The lowest BCUT2D eigenvalue weighted by atomic mass is 10.2. The van der Waals surface area contributed by atoms with Crippen molar-refractivity contribution in [1.82, 2.24) is 19.6 Å². The van der Waals surface area contributed by atoms with E-state index in [0.29, 0.717) is 26.2 Å². The molecule has 6 nitrogen and oxygen atoms in total. The number of aldehydes is 1. The number of aromatic nitrogens is 2. The van der Waals surface area contributed by atoms with Crippen molar-refractivity contribution in [2.24, 2.45) is 0 Å². The van der Waals surface area contributed by atoms with E-state index in [1.165, 1.54) is 17.0 Å². The molecule has 144 valence electrons. The number of hydrogen-bond donors (Lipinski definition) is 0. The SMILES string of the molecule is O=CCN1CCN(C(=O)c2cc(C(F)(F)F)nn2-c2ccccc2Cl)CC1. The van der Waals surface area contributed by atoms with Crippen molar-refractivity contribution in [3.05, 3.63) is 46.7 Å². The van der Waals surface area contributed by atoms with Gasteiger partial charge in [0.25, 0.3) is 5.91 Å². The molecule has 0 radical (unpaired) electrons. The van der Waals surface area contributed by atoms with Gasteiger partial charge in [0.1, 0.15) is 12.0 Å². The Balaban J connectivity index is 1.94. The highest BCUT2D eigenvalue weighted by Gasteiger charge is 2.37. The molecule has 1 aromatic heterocycles. The van der Waals surface area contributed by atoms with E-state index in [9.17, 15) is 22.8 Å². The molecule has 0 unspecified atom stereocenters. The van der Waals surface area contributed by atoms with Gasteiger partial charge >= 0.3 is 6.18 Å². The number of carbonyl (C=O) groups is 2. The summed E-state index contributed by atoms with van der Waals surface area (Å²) in [7, 11) is 0. The molecule has 0 aliphatic carbocycles. The lowest BCUT2D eigenvalue weighted by Gasteiger charge is -2.33. The number of carbonyl (C=O) groups excluding carboxylic acids is 2. The van der Waals surface area contributed by atoms with E-state index >= 15 is 0 Å². The molecular formula is C17H16ClF3N4O2. The van der Waals surface area contributed by atoms with Crippen molar-refractivity contribution < 1.29 is 22.8 Å². The molecule has 2 aromatic rings. The largest absolute Gasteiger partial charge is 0.435 e. The smallest absolute Gasteiger partial charge is 0.335 e. The summed E-state index contributed by atoms with van der Waals surface area (Å²) in [6, 6.07) is 6.98. The Bertz CT molecular complexity index is 845. The maximum Gasteiger partial charge on any atom is 0.435 e. The Morgan fingerprint density at radius 3 is 2.44 bits per heavy atom. The predicted molar refractivity (Wildman–Crippen MR) is 92.0 cm³/mol. The van der Waals surface area contributed by atoms with E-state index < -0.39 is 17.8 Å². The fourth-order valence-corrected chi connectivity index (χ4v) is 3.10. The number of halogens is 4. The number of amides is 1. The number of rotatable bonds is 4. The Hall–Kier alpha value is -2.39. The Kier molecular flexibility index (Phi) is 5.52. The molecule has 3 rings (SSSR count). The normalized spacial score (nSPS) is 15.8. The van der Waals surface area contributed by atoms with Crippen LogP contribution >= 0.6 is 11.6 Å². The first-order valence-corrected chi connectivity index (χ1v) is 8.56. The van der Waals surface area contributed by atoms with Gasteiger partial charge in [-0.3, -0.25) is 9.69 Å². The maximum absolute atomic E-state index is 13.2. The number of hydrogen-bond acceptors (Lipinski definition) is 4. The first-order chi connectivity index (χ1) is 12.8. The summed E-state index contributed by atoms with van der Waals surface area (Å²) in [5.74, 6) is -0.566. The second-order valence-electron chi connectivity index (χ2n) is 6.04. The quantitative estimate of drug-likeness (QED) is 0.740. The number of piperazine rings is 1. The highest BCUT2D eigenvalue weighted by atomic mass is 35.5. The second-order valence-corrected chi connectivity index (χ2v) is 6.44. The van der Waals surface area contributed by atoms with E-state index in [2.05, 4.69) is 5.10 Å². The van der Waals surface area contributed by atoms with Crippen LogP contribution in [0.3, 0.4) is 0 Å². The summed E-state index contributed by atoms with van der Waals surface area (Å²) >= 11 is 6.09. The Morgan fingerprint density at radius 2 is 1.85 bits per heavy atom. The first kappa shape index (κ1) is 19.4. The first-order valence-electron chi connectivity index (χ1n) is 8.18. The van der Waals surface area contributed by atoms with Crippen LogP contribution in [0.1, 0.15) is 16.2 Å². The molecule has 1 amide bonds. The van der Waals surface area contributed by atoms with Crippen LogP contribution in [0.5, 0.6) is 0 Å². The molecule has 10 heteroatoms. The van der Waals surface area contributed by atoms with Gasteiger partial charge in [-0.25, -0.2) is 4.68 Å². The van der Waals surface area contributed by atoms with Crippen LogP contribution in [0.2, 0.25) is 5.02 Å². The van der Waals surface area contributed by atoms with Gasteiger partial charge in [-0.05, 0) is 12.1 Å². The van der Waals surface area contributed by atoms with Crippen LogP contribution in [0.25, 0.3) is 5.69 Å². The summed E-state index contributed by atoms with van der Waals surface area (Å²) in [6.07, 6.45) is -3.91. The molecule has 0 saturated carbocycles. The van der Waals surface area contributed by atoms with Gasteiger partial charge in [0, 0.05) is 32.2 Å². The van der Waals surface area contributed by atoms with Crippen molar-refractivity contribution in [2.45, 2.75) is 6.18 Å². The molecule has 0 spiro atoms. The molecule has 0 bridgehead atoms. The number of nitrogens with zero attached hydrogens (tertiary/aromatic N) is 4. The van der Waals surface area contributed by atoms with Gasteiger partial charge in [0.2, 0.25) is 0 Å². The molecule has 0 N–H and O–H groups in total. The van der Waals surface area contributed by atoms with Crippen LogP contribution in [-0.2, 0) is 11.0 Å². The Labute approximate surface area is 158 Å². The number of alkyl halides is 3. The molecule has 1 saturated heterocycles. The Morgan fingerprint density at radius 1 is 1.19 bits per heavy atom. The average Bonchev–Trinajstić information content (AvgIpc) is 3.08. The maximum atomic E-state index is 13.2. The van der Waals surface area contributed by atoms with Gasteiger partial charge in [0.15, 0.2) is 5.69 Å². The number of benzene rings is 1. The van der Waals surface area contributed by atoms with E-state index in [4.69, 9.17) is 11.6 Å². The van der Waals surface area contributed by atoms with Gasteiger partial charge in [-0.2, -0.15) is 18.3 Å². The topological polar surface area (TPSA) is 58.4 Å². The van der Waals surface area contributed by atoms with Crippen LogP contribution in [0.15, 0.2) is 30.3 Å². The molecule has 27 heavy (non-hydrogen) atoms. The predicted octanol–water partition coefficient (Wildman–Crippen LogP) is 2.50. The van der Waals surface area contributed by atoms with Gasteiger partial charge < -0.3 is 9.69 Å². The lowest BCUT2D eigenvalue weighted by molar-refractivity contribution is -0.141. The monoisotopic (exact) mass is 400 g/mol. The highest BCUT2D eigenvalue weighted by molar-refractivity contribution is 6.32. The van der Waals surface area contributed by atoms with Crippen LogP contribution in [0, 0.1) is 0 Å². The highest BCUT2D eigenvalue weighted by Crippen LogP contribution is 2.31. The van der Waals surface area contributed by atoms with Gasteiger partial charge in [0.05, 0.1) is 17.3 Å². The van der Waals surface area contributed by atoms with Crippen molar-refractivity contribution in [3.8, 4) is 5.69 Å².